The second-order valence-corrected chi connectivity index (χ2v) is 6.51. The summed E-state index contributed by atoms with van der Waals surface area (Å²) in [6.45, 7) is 0. The second kappa shape index (κ2) is 5.55. The number of allylic oxidation sites excluding steroid dienone is 1. The summed E-state index contributed by atoms with van der Waals surface area (Å²) in [5.41, 5.74) is 4.53. The molecule has 1 heterocycles. The lowest BCUT2D eigenvalue weighted by Crippen LogP contribution is -2.13. The first kappa shape index (κ1) is 14.6. The van der Waals surface area contributed by atoms with Crippen LogP contribution in [0.4, 0.5) is 0 Å². The minimum absolute atomic E-state index is 0.0634. The van der Waals surface area contributed by atoms with Crippen molar-refractivity contribution >= 4 is 46.0 Å². The fraction of sp³-hybridized carbons (Fsp3) is 0.105. The lowest BCUT2D eigenvalue weighted by atomic mass is 9.89. The molecule has 0 amide bonds. The Morgan fingerprint density at radius 1 is 1.00 bits per heavy atom. The van der Waals surface area contributed by atoms with Gasteiger partial charge < -0.3 is 4.98 Å². The largest absolute Gasteiger partial charge is 0.352 e. The van der Waals surface area contributed by atoms with Crippen molar-refractivity contribution in [2.24, 2.45) is 0 Å². The summed E-state index contributed by atoms with van der Waals surface area (Å²) in [5, 5.41) is 2.15. The summed E-state index contributed by atoms with van der Waals surface area (Å²) >= 11 is 12.0. The van der Waals surface area contributed by atoms with Crippen molar-refractivity contribution in [2.45, 2.75) is 12.8 Å². The van der Waals surface area contributed by atoms with Gasteiger partial charge in [-0.2, -0.15) is 0 Å². The Morgan fingerprint density at radius 2 is 1.83 bits per heavy atom. The summed E-state index contributed by atoms with van der Waals surface area (Å²) in [4.78, 5) is 16.0. The van der Waals surface area contributed by atoms with E-state index in [1.807, 2.05) is 30.3 Å². The van der Waals surface area contributed by atoms with E-state index in [-0.39, 0.29) is 5.78 Å². The number of benzene rings is 2. The molecule has 0 fully saturated rings. The van der Waals surface area contributed by atoms with E-state index < -0.39 is 0 Å². The number of fused-ring (bicyclic) bond motifs is 3. The number of hydrogen-bond donors (Lipinski definition) is 1. The molecule has 0 radical (unpaired) electrons. The topological polar surface area (TPSA) is 32.9 Å². The molecule has 4 heteroatoms. The van der Waals surface area contributed by atoms with Crippen molar-refractivity contribution in [3.8, 4) is 0 Å². The van der Waals surface area contributed by atoms with Crippen molar-refractivity contribution in [1.82, 2.24) is 4.98 Å². The molecule has 1 aromatic heterocycles. The third-order valence-electron chi connectivity index (χ3n) is 4.26. The molecule has 3 aromatic rings. The van der Waals surface area contributed by atoms with Crippen LogP contribution in [0.2, 0.25) is 10.0 Å². The molecule has 0 bridgehead atoms. The second-order valence-electron chi connectivity index (χ2n) is 5.70. The molecule has 0 atom stereocenters. The number of para-hydroxylation sites is 1. The van der Waals surface area contributed by atoms with Crippen molar-refractivity contribution < 1.29 is 4.79 Å². The molecule has 23 heavy (non-hydrogen) atoms. The minimum atomic E-state index is 0.0634. The van der Waals surface area contributed by atoms with E-state index >= 15 is 0 Å². The molecule has 2 aromatic carbocycles. The molecule has 0 saturated heterocycles. The van der Waals surface area contributed by atoms with Gasteiger partial charge in [-0.1, -0.05) is 47.5 Å². The maximum atomic E-state index is 12.8. The summed E-state index contributed by atoms with van der Waals surface area (Å²) in [6, 6.07) is 13.4. The van der Waals surface area contributed by atoms with Gasteiger partial charge in [0.25, 0.3) is 0 Å². The normalized spacial score (nSPS) is 16.1. The number of aryl methyl sites for hydroxylation is 1. The lowest BCUT2D eigenvalue weighted by Gasteiger charge is -2.14. The Bertz CT molecular complexity index is 969. The zero-order chi connectivity index (χ0) is 16.0. The van der Waals surface area contributed by atoms with E-state index in [0.717, 1.165) is 40.4 Å². The fourth-order valence-electron chi connectivity index (χ4n) is 3.13. The number of halogens is 2. The van der Waals surface area contributed by atoms with Crippen LogP contribution in [0.3, 0.4) is 0 Å². The van der Waals surface area contributed by atoms with Crippen LogP contribution in [-0.4, -0.2) is 10.8 Å². The zero-order valence-electron chi connectivity index (χ0n) is 12.2. The third kappa shape index (κ3) is 2.48. The standard InChI is InChI=1S/C19H13Cl2NO/c20-15-8-5-11(10-16(15)21)9-12-6-7-14-13-3-1-2-4-17(13)22-18(14)19(12)23/h1-5,8-10,22H,6-7H2/b12-9-. The molecule has 0 aliphatic heterocycles. The third-order valence-corrected chi connectivity index (χ3v) is 5.00. The van der Waals surface area contributed by atoms with E-state index in [9.17, 15) is 4.79 Å². The van der Waals surface area contributed by atoms with Crippen LogP contribution in [0, 0.1) is 0 Å². The van der Waals surface area contributed by atoms with Gasteiger partial charge in [0.15, 0.2) is 0 Å². The van der Waals surface area contributed by atoms with Crippen LogP contribution in [0.1, 0.15) is 28.0 Å². The van der Waals surface area contributed by atoms with Gasteiger partial charge in [-0.05, 0) is 48.2 Å². The number of carbonyl (C=O) groups excluding carboxylic acids is 1. The average molecular weight is 342 g/mol. The number of aromatic nitrogens is 1. The molecule has 0 unspecified atom stereocenters. The first-order valence-electron chi connectivity index (χ1n) is 7.43. The SMILES string of the molecule is O=C1/C(=C\c2ccc(Cl)c(Cl)c2)CCc2c1[nH]c1ccccc21. The highest BCUT2D eigenvalue weighted by Crippen LogP contribution is 2.32. The maximum Gasteiger partial charge on any atom is 0.205 e. The highest BCUT2D eigenvalue weighted by Gasteiger charge is 2.25. The smallest absolute Gasteiger partial charge is 0.205 e. The Balaban J connectivity index is 1.77. The van der Waals surface area contributed by atoms with Crippen LogP contribution >= 0.6 is 23.2 Å². The van der Waals surface area contributed by atoms with Crippen molar-refractivity contribution in [1.29, 1.82) is 0 Å². The highest BCUT2D eigenvalue weighted by atomic mass is 35.5. The van der Waals surface area contributed by atoms with E-state index in [1.165, 1.54) is 0 Å². The van der Waals surface area contributed by atoms with Crippen LogP contribution in [-0.2, 0) is 6.42 Å². The van der Waals surface area contributed by atoms with Gasteiger partial charge in [0.05, 0.1) is 15.7 Å². The molecule has 1 aliphatic carbocycles. The van der Waals surface area contributed by atoms with Crippen LogP contribution in [0.5, 0.6) is 0 Å². The Hall–Kier alpha value is -2.03. The Labute approximate surface area is 143 Å². The summed E-state index contributed by atoms with van der Waals surface area (Å²) in [7, 11) is 0. The van der Waals surface area contributed by atoms with E-state index in [4.69, 9.17) is 23.2 Å². The van der Waals surface area contributed by atoms with Gasteiger partial charge in [-0.3, -0.25) is 4.79 Å². The molecule has 1 N–H and O–H groups in total. The molecule has 2 nitrogen and oxygen atoms in total. The van der Waals surface area contributed by atoms with Crippen LogP contribution in [0.15, 0.2) is 48.0 Å². The summed E-state index contributed by atoms with van der Waals surface area (Å²) in [5.74, 6) is 0.0634. The predicted octanol–water partition coefficient (Wildman–Crippen LogP) is 5.69. The van der Waals surface area contributed by atoms with Crippen molar-refractivity contribution in [3.63, 3.8) is 0 Å². The minimum Gasteiger partial charge on any atom is -0.352 e. The maximum absolute atomic E-state index is 12.8. The van der Waals surface area contributed by atoms with E-state index in [0.29, 0.717) is 15.7 Å². The van der Waals surface area contributed by atoms with Crippen LogP contribution < -0.4 is 0 Å². The Kier molecular flexibility index (Phi) is 3.51. The highest BCUT2D eigenvalue weighted by molar-refractivity contribution is 6.42. The van der Waals surface area contributed by atoms with Gasteiger partial charge in [0.1, 0.15) is 0 Å². The van der Waals surface area contributed by atoms with Gasteiger partial charge >= 0.3 is 0 Å². The summed E-state index contributed by atoms with van der Waals surface area (Å²) in [6.07, 6.45) is 3.49. The molecule has 114 valence electrons. The monoisotopic (exact) mass is 341 g/mol. The van der Waals surface area contributed by atoms with Gasteiger partial charge in [0, 0.05) is 16.5 Å². The van der Waals surface area contributed by atoms with Crippen molar-refractivity contribution in [2.75, 3.05) is 0 Å². The Morgan fingerprint density at radius 3 is 2.65 bits per heavy atom. The first-order valence-corrected chi connectivity index (χ1v) is 8.19. The number of nitrogens with one attached hydrogen (secondary N) is 1. The molecule has 0 spiro atoms. The lowest BCUT2D eigenvalue weighted by molar-refractivity contribution is 0.102. The fourth-order valence-corrected chi connectivity index (χ4v) is 3.43. The van der Waals surface area contributed by atoms with Gasteiger partial charge in [-0.25, -0.2) is 0 Å². The van der Waals surface area contributed by atoms with Crippen LogP contribution in [0.25, 0.3) is 17.0 Å². The summed E-state index contributed by atoms with van der Waals surface area (Å²) < 4.78 is 0. The number of aromatic amines is 1. The van der Waals surface area contributed by atoms with Crippen molar-refractivity contribution in [3.05, 3.63) is 74.9 Å². The quantitative estimate of drug-likeness (QED) is 0.567. The molecule has 1 aliphatic rings. The number of hydrogen-bond acceptors (Lipinski definition) is 1. The molecule has 4 rings (SSSR count). The number of Topliss-reactive ketones (excluding diaryl/α,β-unsaturated/α-hetero) is 1. The molecule has 0 saturated carbocycles. The number of H-pyrrole nitrogens is 1. The number of rotatable bonds is 1. The van der Waals surface area contributed by atoms with Gasteiger partial charge in [0.2, 0.25) is 5.78 Å². The number of carbonyl (C=O) groups is 1. The van der Waals surface area contributed by atoms with E-state index in [1.54, 1.807) is 12.1 Å². The number of ketones is 1. The van der Waals surface area contributed by atoms with Gasteiger partial charge in [-0.15, -0.1) is 0 Å². The first-order chi connectivity index (χ1) is 11.1. The zero-order valence-corrected chi connectivity index (χ0v) is 13.7. The van der Waals surface area contributed by atoms with E-state index in [2.05, 4.69) is 11.1 Å². The predicted molar refractivity (Wildman–Crippen MR) is 95.4 cm³/mol. The average Bonchev–Trinajstić information content (AvgIpc) is 2.93. The molecular formula is C19H13Cl2NO. The molecular weight excluding hydrogens is 329 g/mol.